The Morgan fingerprint density at radius 3 is 2.95 bits per heavy atom. The lowest BCUT2D eigenvalue weighted by Crippen LogP contribution is -2.29. The Bertz CT molecular complexity index is 622. The molecule has 0 unspecified atom stereocenters. The molecule has 6 nitrogen and oxygen atoms in total. The minimum atomic E-state index is 0.428. The van der Waals surface area contributed by atoms with Crippen LogP contribution in [0, 0.1) is 11.3 Å². The third-order valence-corrected chi connectivity index (χ3v) is 3.00. The maximum Gasteiger partial charge on any atom is 0.140 e. The lowest BCUT2D eigenvalue weighted by molar-refractivity contribution is 0.205. The molecule has 0 atom stereocenters. The monoisotopic (exact) mass is 271 g/mol. The maximum atomic E-state index is 8.78. The van der Waals surface area contributed by atoms with Crippen LogP contribution in [0.15, 0.2) is 24.5 Å². The predicted molar refractivity (Wildman–Crippen MR) is 78.3 cm³/mol. The molecular formula is C14H17N5O. The highest BCUT2D eigenvalue weighted by Gasteiger charge is 2.12. The van der Waals surface area contributed by atoms with Gasteiger partial charge in [-0.05, 0) is 18.2 Å². The molecule has 1 aromatic heterocycles. The average Bonchev–Trinajstić information content (AvgIpc) is 2.47. The second-order valence-corrected chi connectivity index (χ2v) is 4.36. The van der Waals surface area contributed by atoms with E-state index in [4.69, 9.17) is 15.7 Å². The first kappa shape index (κ1) is 14.0. The number of nitriles is 1. The van der Waals surface area contributed by atoms with Gasteiger partial charge in [0.15, 0.2) is 0 Å². The highest BCUT2D eigenvalue weighted by Crippen LogP contribution is 2.24. The lowest BCUT2D eigenvalue weighted by Gasteiger charge is -2.23. The summed E-state index contributed by atoms with van der Waals surface area (Å²) in [5.41, 5.74) is 7.35. The standard InChI is InChI=1S/C14H17N5O/c1-20-8-7-19(6-2-5-15)14-12-9-11(16)3-4-13(12)17-10-18-14/h3-4,9-10H,2,6-8,16H2,1H3. The number of ether oxygens (including phenoxy) is 1. The number of aromatic nitrogens is 2. The van der Waals surface area contributed by atoms with E-state index >= 15 is 0 Å². The Kier molecular flexibility index (Phi) is 4.69. The van der Waals surface area contributed by atoms with Crippen LogP contribution in [0.5, 0.6) is 0 Å². The van der Waals surface area contributed by atoms with Gasteiger partial charge in [-0.25, -0.2) is 9.97 Å². The van der Waals surface area contributed by atoms with Crippen molar-refractivity contribution in [2.75, 3.05) is 37.4 Å². The van der Waals surface area contributed by atoms with Gasteiger partial charge in [0.1, 0.15) is 12.1 Å². The quantitative estimate of drug-likeness (QED) is 0.802. The van der Waals surface area contributed by atoms with Crippen LogP contribution in [-0.4, -0.2) is 36.8 Å². The highest BCUT2D eigenvalue weighted by atomic mass is 16.5. The molecule has 20 heavy (non-hydrogen) atoms. The van der Waals surface area contributed by atoms with Crippen molar-refractivity contribution < 1.29 is 4.74 Å². The average molecular weight is 271 g/mol. The van der Waals surface area contributed by atoms with Crippen molar-refractivity contribution >= 4 is 22.4 Å². The Balaban J connectivity index is 2.40. The van der Waals surface area contributed by atoms with Gasteiger partial charge < -0.3 is 15.4 Å². The first-order valence-corrected chi connectivity index (χ1v) is 6.37. The van der Waals surface area contributed by atoms with Crippen molar-refractivity contribution in [3.8, 4) is 6.07 Å². The third kappa shape index (κ3) is 3.13. The van der Waals surface area contributed by atoms with Crippen molar-refractivity contribution in [3.63, 3.8) is 0 Å². The number of rotatable bonds is 6. The van der Waals surface area contributed by atoms with E-state index in [-0.39, 0.29) is 0 Å². The zero-order valence-electron chi connectivity index (χ0n) is 11.4. The van der Waals surface area contributed by atoms with Crippen LogP contribution in [0.2, 0.25) is 0 Å². The van der Waals surface area contributed by atoms with Crippen molar-refractivity contribution in [2.45, 2.75) is 6.42 Å². The number of nitrogens with two attached hydrogens (primary N) is 1. The minimum absolute atomic E-state index is 0.428. The molecule has 0 bridgehead atoms. The lowest BCUT2D eigenvalue weighted by atomic mass is 10.2. The summed E-state index contributed by atoms with van der Waals surface area (Å²) in [5, 5.41) is 9.67. The number of fused-ring (bicyclic) bond motifs is 1. The van der Waals surface area contributed by atoms with Gasteiger partial charge in [0.05, 0.1) is 24.6 Å². The molecule has 0 aliphatic heterocycles. The first-order valence-electron chi connectivity index (χ1n) is 6.37. The maximum absolute atomic E-state index is 8.78. The number of hydrogen-bond acceptors (Lipinski definition) is 6. The number of anilines is 2. The molecular weight excluding hydrogens is 254 g/mol. The van der Waals surface area contributed by atoms with Crippen LogP contribution in [0.25, 0.3) is 10.9 Å². The number of benzene rings is 1. The number of nitrogen functional groups attached to an aromatic ring is 1. The highest BCUT2D eigenvalue weighted by molar-refractivity contribution is 5.91. The molecule has 6 heteroatoms. The van der Waals surface area contributed by atoms with Gasteiger partial charge in [-0.2, -0.15) is 5.26 Å². The summed E-state index contributed by atoms with van der Waals surface area (Å²) in [6, 6.07) is 7.69. The van der Waals surface area contributed by atoms with E-state index in [0.717, 1.165) is 16.7 Å². The van der Waals surface area contributed by atoms with E-state index in [9.17, 15) is 0 Å². The van der Waals surface area contributed by atoms with E-state index in [1.165, 1.54) is 6.33 Å². The molecule has 1 heterocycles. The fourth-order valence-electron chi connectivity index (χ4n) is 2.02. The second-order valence-electron chi connectivity index (χ2n) is 4.36. The van der Waals surface area contributed by atoms with Crippen molar-refractivity contribution in [3.05, 3.63) is 24.5 Å². The smallest absolute Gasteiger partial charge is 0.140 e. The predicted octanol–water partition coefficient (Wildman–Crippen LogP) is 1.58. The molecule has 0 amide bonds. The van der Waals surface area contributed by atoms with E-state index in [2.05, 4.69) is 16.0 Å². The molecule has 0 aliphatic carbocycles. The van der Waals surface area contributed by atoms with E-state index in [1.54, 1.807) is 7.11 Å². The topological polar surface area (TPSA) is 88.1 Å². The van der Waals surface area contributed by atoms with Crippen molar-refractivity contribution in [1.82, 2.24) is 9.97 Å². The number of methoxy groups -OCH3 is 1. The van der Waals surface area contributed by atoms with Crippen LogP contribution in [0.3, 0.4) is 0 Å². The summed E-state index contributed by atoms with van der Waals surface area (Å²) >= 11 is 0. The molecule has 1 aromatic carbocycles. The SMILES string of the molecule is COCCN(CCC#N)c1ncnc2ccc(N)cc12. The fraction of sp³-hybridized carbons (Fsp3) is 0.357. The Morgan fingerprint density at radius 2 is 2.20 bits per heavy atom. The molecule has 0 aliphatic rings. The van der Waals surface area contributed by atoms with Gasteiger partial charge in [0, 0.05) is 31.3 Å². The molecule has 0 radical (unpaired) electrons. The molecule has 2 rings (SSSR count). The Hall–Kier alpha value is -2.39. The van der Waals surface area contributed by atoms with Gasteiger partial charge in [0.2, 0.25) is 0 Å². The molecule has 0 saturated heterocycles. The largest absolute Gasteiger partial charge is 0.399 e. The zero-order valence-corrected chi connectivity index (χ0v) is 11.4. The summed E-state index contributed by atoms with van der Waals surface area (Å²) in [4.78, 5) is 10.6. The minimum Gasteiger partial charge on any atom is -0.399 e. The van der Waals surface area contributed by atoms with Crippen molar-refractivity contribution in [1.29, 1.82) is 5.26 Å². The molecule has 2 aromatic rings. The number of nitrogens with zero attached hydrogens (tertiary/aromatic N) is 4. The zero-order chi connectivity index (χ0) is 14.4. The van der Waals surface area contributed by atoms with Crippen LogP contribution >= 0.6 is 0 Å². The van der Waals surface area contributed by atoms with Gasteiger partial charge >= 0.3 is 0 Å². The van der Waals surface area contributed by atoms with Crippen LogP contribution in [-0.2, 0) is 4.74 Å². The molecule has 2 N–H and O–H groups in total. The summed E-state index contributed by atoms with van der Waals surface area (Å²) in [5.74, 6) is 0.787. The normalized spacial score (nSPS) is 10.4. The molecule has 0 saturated carbocycles. The van der Waals surface area contributed by atoms with E-state index in [0.29, 0.717) is 31.8 Å². The first-order chi connectivity index (χ1) is 9.76. The van der Waals surface area contributed by atoms with Crippen molar-refractivity contribution in [2.24, 2.45) is 0 Å². The van der Waals surface area contributed by atoms with Crippen LogP contribution in [0.4, 0.5) is 11.5 Å². The molecule has 0 spiro atoms. The second kappa shape index (κ2) is 6.68. The third-order valence-electron chi connectivity index (χ3n) is 3.00. The van der Waals surface area contributed by atoms with Gasteiger partial charge in [-0.1, -0.05) is 0 Å². The molecule has 0 fully saturated rings. The van der Waals surface area contributed by atoms with Gasteiger partial charge in [-0.3, -0.25) is 0 Å². The Morgan fingerprint density at radius 1 is 1.35 bits per heavy atom. The van der Waals surface area contributed by atoms with Crippen LogP contribution in [0.1, 0.15) is 6.42 Å². The summed E-state index contributed by atoms with van der Waals surface area (Å²) in [6.07, 6.45) is 1.96. The summed E-state index contributed by atoms with van der Waals surface area (Å²) in [7, 11) is 1.65. The van der Waals surface area contributed by atoms with Gasteiger partial charge in [0.25, 0.3) is 0 Å². The Labute approximate surface area is 117 Å². The fourth-order valence-corrected chi connectivity index (χ4v) is 2.02. The molecule has 104 valence electrons. The summed E-state index contributed by atoms with van der Waals surface area (Å²) < 4.78 is 5.12. The van der Waals surface area contributed by atoms with Crippen LogP contribution < -0.4 is 10.6 Å². The number of hydrogen-bond donors (Lipinski definition) is 1. The summed E-state index contributed by atoms with van der Waals surface area (Å²) in [6.45, 7) is 1.83. The van der Waals surface area contributed by atoms with E-state index < -0.39 is 0 Å². The van der Waals surface area contributed by atoms with Gasteiger partial charge in [-0.15, -0.1) is 0 Å². The van der Waals surface area contributed by atoms with E-state index in [1.807, 2.05) is 23.1 Å².